The lowest BCUT2D eigenvalue weighted by molar-refractivity contribution is 0.187. The van der Waals surface area contributed by atoms with Gasteiger partial charge in [-0.3, -0.25) is 5.32 Å². The monoisotopic (exact) mass is 605 g/mol. The summed E-state index contributed by atoms with van der Waals surface area (Å²) < 4.78 is 6.12. The number of aromatic amines is 1. The Hall–Kier alpha value is -4.94. The molecule has 3 amide bonds. The van der Waals surface area contributed by atoms with Gasteiger partial charge in [0.05, 0.1) is 18.8 Å². The first-order chi connectivity index (χ1) is 20.4. The van der Waals surface area contributed by atoms with Crippen molar-refractivity contribution in [2.24, 2.45) is 0 Å². The van der Waals surface area contributed by atoms with Crippen LogP contribution in [0, 0.1) is 0 Å². The Balaban J connectivity index is 1.34. The van der Waals surface area contributed by atoms with Crippen molar-refractivity contribution < 1.29 is 14.3 Å². The van der Waals surface area contributed by atoms with Gasteiger partial charge in [-0.25, -0.2) is 19.3 Å². The first-order valence-electron chi connectivity index (χ1n) is 12.7. The van der Waals surface area contributed by atoms with Crippen LogP contribution in [0.15, 0.2) is 79.1 Å². The molecule has 0 fully saturated rings. The van der Waals surface area contributed by atoms with Gasteiger partial charge in [-0.1, -0.05) is 65.7 Å². The molecule has 42 heavy (non-hydrogen) atoms. The summed E-state index contributed by atoms with van der Waals surface area (Å²) in [6.07, 6.45) is 1.34. The van der Waals surface area contributed by atoms with E-state index in [-0.39, 0.29) is 6.54 Å². The number of hydrogen-bond donors (Lipinski definition) is 4. The fraction of sp³-hybridized carbons (Fsp3) is 0.143. The van der Waals surface area contributed by atoms with Crippen LogP contribution in [-0.2, 0) is 17.7 Å². The lowest BCUT2D eigenvalue weighted by Crippen LogP contribution is -2.39. The van der Waals surface area contributed by atoms with E-state index in [9.17, 15) is 9.59 Å². The van der Waals surface area contributed by atoms with Crippen LogP contribution in [0.25, 0.3) is 16.9 Å². The number of amides is 3. The second kappa shape index (κ2) is 13.1. The van der Waals surface area contributed by atoms with Crippen LogP contribution in [0.1, 0.15) is 23.0 Å². The van der Waals surface area contributed by atoms with E-state index in [2.05, 4.69) is 41.2 Å². The normalized spacial score (nSPS) is 11.5. The van der Waals surface area contributed by atoms with Crippen molar-refractivity contribution in [1.29, 1.82) is 0 Å². The summed E-state index contributed by atoms with van der Waals surface area (Å²) in [7, 11) is 1.29. The lowest BCUT2D eigenvalue weighted by atomic mass is 10.1. The minimum absolute atomic E-state index is 0.162. The molecule has 0 aliphatic rings. The second-order valence-electron chi connectivity index (χ2n) is 9.08. The van der Waals surface area contributed by atoms with E-state index in [0.717, 1.165) is 16.7 Å². The zero-order valence-electron chi connectivity index (χ0n) is 22.2. The number of carbonyl (C=O) groups is 2. The summed E-state index contributed by atoms with van der Waals surface area (Å²) in [5.74, 6) is 0.475. The van der Waals surface area contributed by atoms with Gasteiger partial charge in [0.25, 0.3) is 0 Å². The van der Waals surface area contributed by atoms with Crippen LogP contribution in [0.5, 0.6) is 0 Å². The van der Waals surface area contributed by atoms with Gasteiger partial charge in [0.2, 0.25) is 0 Å². The van der Waals surface area contributed by atoms with Crippen molar-refractivity contribution in [3.63, 3.8) is 0 Å². The number of ether oxygens (including phenoxy) is 1. The number of aromatic nitrogens is 6. The molecular weight excluding hydrogens is 581 g/mol. The van der Waals surface area contributed by atoms with Gasteiger partial charge >= 0.3 is 12.1 Å². The molecule has 0 aliphatic heterocycles. The Kier molecular flexibility index (Phi) is 8.95. The van der Waals surface area contributed by atoms with Crippen molar-refractivity contribution in [3.8, 4) is 16.9 Å². The summed E-state index contributed by atoms with van der Waals surface area (Å²) >= 11 is 12.8. The summed E-state index contributed by atoms with van der Waals surface area (Å²) in [6, 6.07) is 21.0. The zero-order chi connectivity index (χ0) is 29.5. The van der Waals surface area contributed by atoms with Crippen molar-refractivity contribution in [2.75, 3.05) is 12.4 Å². The van der Waals surface area contributed by atoms with Gasteiger partial charge in [-0.15, -0.1) is 5.10 Å². The average Bonchev–Trinajstić information content (AvgIpc) is 3.67. The number of carbonyl (C=O) groups excluding carboxylic acids is 2. The zero-order valence-corrected chi connectivity index (χ0v) is 23.7. The molecule has 0 radical (unpaired) electrons. The standard InChI is InChI=1S/C28H25Cl2N9O3/c1-42-28(41)33-21-10-7-18(8-11-21)24-25(30)36-26(35-24)22(13-17-5-3-2-4-6-17)34-27(40)31-15-19-14-20(29)9-12-23(19)39-16-32-37-38-39/h2-12,14,16,22H,13,15H2,1H3,(H,33,41)(H,35,36)(H2,31,34,40). The lowest BCUT2D eigenvalue weighted by Gasteiger charge is -2.18. The molecular formula is C28H25Cl2N9O3. The fourth-order valence-corrected chi connectivity index (χ4v) is 4.69. The van der Waals surface area contributed by atoms with Gasteiger partial charge in [0.1, 0.15) is 23.0 Å². The van der Waals surface area contributed by atoms with Crippen molar-refractivity contribution in [2.45, 2.75) is 19.0 Å². The molecule has 3 aromatic carbocycles. The molecule has 5 rings (SSSR count). The second-order valence-corrected chi connectivity index (χ2v) is 9.89. The Bertz CT molecular complexity index is 1660. The number of anilines is 1. The molecule has 0 saturated heterocycles. The number of rotatable bonds is 9. The van der Waals surface area contributed by atoms with Crippen molar-refractivity contribution >= 4 is 41.0 Å². The number of methoxy groups -OCH3 is 1. The van der Waals surface area contributed by atoms with Gasteiger partial charge in [0, 0.05) is 22.8 Å². The highest BCUT2D eigenvalue weighted by Crippen LogP contribution is 2.29. The van der Waals surface area contributed by atoms with Crippen LogP contribution >= 0.6 is 23.2 Å². The van der Waals surface area contributed by atoms with Gasteiger partial charge in [-0.05, 0) is 58.3 Å². The number of imidazole rings is 1. The number of nitrogens with zero attached hydrogens (tertiary/aromatic N) is 5. The van der Waals surface area contributed by atoms with E-state index >= 15 is 0 Å². The number of urea groups is 1. The maximum atomic E-state index is 13.2. The van der Waals surface area contributed by atoms with Gasteiger partial charge < -0.3 is 20.4 Å². The molecule has 2 heterocycles. The molecule has 4 N–H and O–H groups in total. The molecule has 0 bridgehead atoms. The molecule has 14 heteroatoms. The van der Waals surface area contributed by atoms with Crippen LogP contribution in [0.3, 0.4) is 0 Å². The van der Waals surface area contributed by atoms with Crippen molar-refractivity contribution in [3.05, 3.63) is 106 Å². The van der Waals surface area contributed by atoms with Crippen LogP contribution < -0.4 is 16.0 Å². The van der Waals surface area contributed by atoms with Crippen LogP contribution in [0.4, 0.5) is 15.3 Å². The van der Waals surface area contributed by atoms with E-state index in [0.29, 0.717) is 39.5 Å². The van der Waals surface area contributed by atoms with E-state index in [1.54, 1.807) is 42.5 Å². The molecule has 1 unspecified atom stereocenters. The quantitative estimate of drug-likeness (QED) is 0.177. The molecule has 0 spiro atoms. The molecule has 2 aromatic heterocycles. The fourth-order valence-electron chi connectivity index (χ4n) is 4.25. The summed E-state index contributed by atoms with van der Waals surface area (Å²) in [5, 5.41) is 20.6. The van der Waals surface area contributed by atoms with E-state index in [4.69, 9.17) is 28.2 Å². The molecule has 5 aromatic rings. The molecule has 12 nitrogen and oxygen atoms in total. The third-order valence-electron chi connectivity index (χ3n) is 6.26. The Morgan fingerprint density at radius 3 is 2.55 bits per heavy atom. The van der Waals surface area contributed by atoms with Crippen LogP contribution in [0.2, 0.25) is 10.2 Å². The van der Waals surface area contributed by atoms with Gasteiger partial charge in [-0.2, -0.15) is 0 Å². The largest absolute Gasteiger partial charge is 0.453 e. The van der Waals surface area contributed by atoms with E-state index in [1.165, 1.54) is 18.1 Å². The first kappa shape index (κ1) is 28.6. The van der Waals surface area contributed by atoms with E-state index in [1.807, 2.05) is 30.3 Å². The SMILES string of the molecule is COC(=O)Nc1ccc(-c2nc(C(Cc3ccccc3)NC(=O)NCc3cc(Cl)ccc3-n3cnnn3)[nH]c2Cl)cc1. The number of halogens is 2. The molecule has 0 saturated carbocycles. The third kappa shape index (κ3) is 7.03. The molecule has 0 aliphatic carbocycles. The van der Waals surface area contributed by atoms with E-state index < -0.39 is 18.2 Å². The van der Waals surface area contributed by atoms with Crippen molar-refractivity contribution in [1.82, 2.24) is 40.8 Å². The molecule has 214 valence electrons. The maximum Gasteiger partial charge on any atom is 0.411 e. The Morgan fingerprint density at radius 1 is 1.05 bits per heavy atom. The highest BCUT2D eigenvalue weighted by molar-refractivity contribution is 6.32. The minimum Gasteiger partial charge on any atom is -0.453 e. The summed E-state index contributed by atoms with van der Waals surface area (Å²) in [5.41, 5.74) is 4.17. The predicted octanol–water partition coefficient (Wildman–Crippen LogP) is 5.32. The number of H-pyrrole nitrogens is 1. The summed E-state index contributed by atoms with van der Waals surface area (Å²) in [6.45, 7) is 0.162. The average molecular weight is 606 g/mol. The third-order valence-corrected chi connectivity index (χ3v) is 6.77. The smallest absolute Gasteiger partial charge is 0.411 e. The minimum atomic E-state index is -0.571. The number of benzene rings is 3. The predicted molar refractivity (Wildman–Crippen MR) is 157 cm³/mol. The Morgan fingerprint density at radius 2 is 1.83 bits per heavy atom. The number of nitrogens with one attached hydrogen (secondary N) is 4. The maximum absolute atomic E-state index is 13.2. The van der Waals surface area contributed by atoms with Crippen LogP contribution in [-0.4, -0.2) is 49.4 Å². The highest BCUT2D eigenvalue weighted by atomic mass is 35.5. The highest BCUT2D eigenvalue weighted by Gasteiger charge is 2.22. The Labute approximate surface area is 250 Å². The van der Waals surface area contributed by atoms with Gasteiger partial charge in [0.15, 0.2) is 0 Å². The molecule has 1 atom stereocenters. The number of hydrogen-bond acceptors (Lipinski definition) is 7. The topological polar surface area (TPSA) is 152 Å². The summed E-state index contributed by atoms with van der Waals surface area (Å²) in [4.78, 5) is 32.5. The number of tetrazole rings is 1. The first-order valence-corrected chi connectivity index (χ1v) is 13.5.